The molecule has 0 spiro atoms. The molecule has 1 atom stereocenters. The van der Waals surface area contributed by atoms with E-state index < -0.39 is 18.2 Å². The molecule has 1 aliphatic carbocycles. The minimum Gasteiger partial charge on any atom is -0.366 e. The number of nitrogens with one attached hydrogen (secondary N) is 1. The molecule has 3 aromatic heterocycles. The Hall–Kier alpha value is -4.06. The van der Waals surface area contributed by atoms with Crippen LogP contribution in [0.25, 0.3) is 17.2 Å². The van der Waals surface area contributed by atoms with E-state index in [-0.39, 0.29) is 5.69 Å². The Balaban J connectivity index is 1.34. The fourth-order valence-corrected chi connectivity index (χ4v) is 3.71. The summed E-state index contributed by atoms with van der Waals surface area (Å²) in [4.78, 5) is 21.2. The van der Waals surface area contributed by atoms with Gasteiger partial charge in [0.05, 0.1) is 12.0 Å². The van der Waals surface area contributed by atoms with Gasteiger partial charge >= 0.3 is 6.18 Å². The molecule has 0 radical (unpaired) electrons. The number of hydrogen-bond donors (Lipinski definition) is 1. The molecular weight excluding hydrogens is 463 g/mol. The first-order valence-corrected chi connectivity index (χ1v) is 10.8. The summed E-state index contributed by atoms with van der Waals surface area (Å²) < 4.78 is 47.3. The van der Waals surface area contributed by atoms with Crippen LogP contribution in [0, 0.1) is 0 Å². The third-order valence-electron chi connectivity index (χ3n) is 5.54. The van der Waals surface area contributed by atoms with Crippen LogP contribution in [0.5, 0.6) is 0 Å². The molecule has 1 aromatic carbocycles. The van der Waals surface area contributed by atoms with Gasteiger partial charge in [0.1, 0.15) is 17.8 Å². The minimum atomic E-state index is -4.59. The molecule has 0 unspecified atom stereocenters. The number of rotatable bonds is 7. The van der Waals surface area contributed by atoms with Gasteiger partial charge in [-0.25, -0.2) is 9.97 Å². The van der Waals surface area contributed by atoms with Gasteiger partial charge in [-0.1, -0.05) is 12.1 Å². The Bertz CT molecular complexity index is 1360. The zero-order valence-electron chi connectivity index (χ0n) is 18.5. The molecule has 1 aliphatic rings. The van der Waals surface area contributed by atoms with Gasteiger partial charge in [0, 0.05) is 30.6 Å². The van der Waals surface area contributed by atoms with Crippen molar-refractivity contribution in [1.82, 2.24) is 29.3 Å². The van der Waals surface area contributed by atoms with Crippen molar-refractivity contribution in [3.63, 3.8) is 0 Å². The number of aromatic nitrogens is 6. The van der Waals surface area contributed by atoms with Crippen LogP contribution < -0.4 is 5.32 Å². The van der Waals surface area contributed by atoms with Crippen molar-refractivity contribution in [3.05, 3.63) is 72.6 Å². The quantitative estimate of drug-likeness (QED) is 0.419. The van der Waals surface area contributed by atoms with Crippen LogP contribution in [0.3, 0.4) is 0 Å². The second-order valence-corrected chi connectivity index (χ2v) is 8.07. The predicted octanol–water partition coefficient (Wildman–Crippen LogP) is 4.36. The van der Waals surface area contributed by atoms with E-state index in [1.165, 1.54) is 17.1 Å². The number of halogens is 3. The topological polar surface area (TPSA) is 99.8 Å². The van der Waals surface area contributed by atoms with Crippen molar-refractivity contribution in [2.45, 2.75) is 31.2 Å². The van der Waals surface area contributed by atoms with Crippen molar-refractivity contribution in [2.75, 3.05) is 12.4 Å². The van der Waals surface area contributed by atoms with Gasteiger partial charge in [0.25, 0.3) is 5.91 Å². The molecule has 9 nitrogen and oxygen atoms in total. The summed E-state index contributed by atoms with van der Waals surface area (Å²) in [6.45, 7) is 0. The van der Waals surface area contributed by atoms with Crippen LogP contribution in [-0.2, 0) is 4.74 Å². The fourth-order valence-electron chi connectivity index (χ4n) is 3.71. The van der Waals surface area contributed by atoms with Gasteiger partial charge in [-0.15, -0.1) is 10.2 Å². The van der Waals surface area contributed by atoms with Crippen LogP contribution >= 0.6 is 0 Å². The highest BCUT2D eigenvalue weighted by atomic mass is 19.4. The number of ether oxygens (including phenoxy) is 1. The van der Waals surface area contributed by atoms with Crippen LogP contribution in [0.15, 0.2) is 61.3 Å². The molecule has 4 aromatic rings. The highest BCUT2D eigenvalue weighted by Gasteiger charge is 2.42. The number of benzene rings is 1. The third-order valence-corrected chi connectivity index (χ3v) is 5.54. The predicted molar refractivity (Wildman–Crippen MR) is 119 cm³/mol. The Morgan fingerprint density at radius 3 is 2.71 bits per heavy atom. The lowest BCUT2D eigenvalue weighted by Gasteiger charge is -2.16. The lowest BCUT2D eigenvalue weighted by molar-refractivity contribution is -0.217. The number of hydrogen-bond acceptors (Lipinski definition) is 6. The van der Waals surface area contributed by atoms with Crippen molar-refractivity contribution in [2.24, 2.45) is 0 Å². The smallest absolute Gasteiger partial charge is 0.366 e. The summed E-state index contributed by atoms with van der Waals surface area (Å²) in [5.41, 5.74) is 1.07. The lowest BCUT2D eigenvalue weighted by atomic mass is 10.2. The minimum absolute atomic E-state index is 0.282. The maximum Gasteiger partial charge on any atom is 0.420 e. The van der Waals surface area contributed by atoms with Gasteiger partial charge in [0.15, 0.2) is 11.9 Å². The largest absolute Gasteiger partial charge is 0.420 e. The van der Waals surface area contributed by atoms with Crippen LogP contribution in [0.4, 0.5) is 19.0 Å². The fraction of sp³-hybridized carbons (Fsp3) is 0.261. The van der Waals surface area contributed by atoms with Gasteiger partial charge in [-0.05, 0) is 43.2 Å². The highest BCUT2D eigenvalue weighted by molar-refractivity contribution is 6.04. The number of alkyl halides is 3. The Morgan fingerprint density at radius 1 is 1.17 bits per heavy atom. The average molecular weight is 483 g/mol. The molecule has 5 rings (SSSR count). The number of nitrogens with zero attached hydrogens (tertiary/aromatic N) is 6. The molecule has 1 saturated carbocycles. The maximum atomic E-state index is 13.1. The zero-order valence-corrected chi connectivity index (χ0v) is 18.5. The summed E-state index contributed by atoms with van der Waals surface area (Å²) in [5, 5.41) is 10.9. The van der Waals surface area contributed by atoms with Gasteiger partial charge in [-0.2, -0.15) is 13.2 Å². The zero-order chi connectivity index (χ0) is 24.6. The van der Waals surface area contributed by atoms with Gasteiger partial charge < -0.3 is 19.2 Å². The number of imidazole rings is 1. The van der Waals surface area contributed by atoms with Crippen molar-refractivity contribution < 1.29 is 22.7 Å². The van der Waals surface area contributed by atoms with E-state index in [0.29, 0.717) is 34.6 Å². The molecule has 12 heteroatoms. The second-order valence-electron chi connectivity index (χ2n) is 8.07. The standard InChI is InChI=1S/C23H20F3N7O2/c1-35-20(23(24,25)26)18-11-32(12-27-18)16-5-2-4-14(10-16)22(34)30-19-7-3-6-17(29-19)21-31-28-13-33(21)15-8-9-15/h2-7,10-13,15,20H,8-9H2,1H3,(H,29,30,34)/t20-/m1/s1. The average Bonchev–Trinajstić information content (AvgIpc) is 3.36. The summed E-state index contributed by atoms with van der Waals surface area (Å²) in [5.74, 6) is 0.543. The summed E-state index contributed by atoms with van der Waals surface area (Å²) in [6.07, 6.45) is -0.457. The molecule has 0 bridgehead atoms. The summed E-state index contributed by atoms with van der Waals surface area (Å²) in [6, 6.07) is 12.0. The first-order valence-electron chi connectivity index (χ1n) is 10.8. The van der Waals surface area contributed by atoms with E-state index in [2.05, 4.69) is 30.2 Å². The molecule has 1 amide bonds. The highest BCUT2D eigenvalue weighted by Crippen LogP contribution is 2.37. The number of methoxy groups -OCH3 is 1. The molecule has 3 heterocycles. The van der Waals surface area contributed by atoms with Gasteiger partial charge in [0.2, 0.25) is 0 Å². The van der Waals surface area contributed by atoms with Crippen molar-refractivity contribution in [1.29, 1.82) is 0 Å². The van der Waals surface area contributed by atoms with Crippen molar-refractivity contribution >= 4 is 11.7 Å². The van der Waals surface area contributed by atoms with E-state index in [9.17, 15) is 18.0 Å². The molecule has 1 fully saturated rings. The van der Waals surface area contributed by atoms with E-state index >= 15 is 0 Å². The monoisotopic (exact) mass is 483 g/mol. The Morgan fingerprint density at radius 2 is 1.97 bits per heavy atom. The Labute approximate surface area is 197 Å². The van der Waals surface area contributed by atoms with Crippen molar-refractivity contribution in [3.8, 4) is 17.2 Å². The van der Waals surface area contributed by atoms with Gasteiger partial charge in [-0.3, -0.25) is 4.79 Å². The maximum absolute atomic E-state index is 13.1. The first kappa shape index (κ1) is 22.7. The molecule has 35 heavy (non-hydrogen) atoms. The lowest BCUT2D eigenvalue weighted by Crippen LogP contribution is -2.22. The Kier molecular flexibility index (Phi) is 5.81. The summed E-state index contributed by atoms with van der Waals surface area (Å²) in [7, 11) is 0.973. The molecule has 0 aliphatic heterocycles. The number of carbonyl (C=O) groups excluding carboxylic acids is 1. The molecule has 180 valence electrons. The molecule has 0 saturated heterocycles. The first-order chi connectivity index (χ1) is 16.8. The number of carbonyl (C=O) groups is 1. The van der Waals surface area contributed by atoms with E-state index in [0.717, 1.165) is 20.0 Å². The number of pyridine rings is 1. The number of amides is 1. The SMILES string of the molecule is CO[C@H](c1cn(-c2cccc(C(=O)Nc3cccc(-c4nncn4C4CC4)n3)c2)cn1)C(F)(F)F. The van der Waals surface area contributed by atoms with E-state index in [1.807, 2.05) is 4.57 Å². The van der Waals surface area contributed by atoms with Crippen LogP contribution in [0.2, 0.25) is 0 Å². The third kappa shape index (κ3) is 4.78. The van der Waals surface area contributed by atoms with Crippen LogP contribution in [-0.4, -0.2) is 48.5 Å². The molecular formula is C23H20F3N7O2. The molecule has 1 N–H and O–H groups in total. The number of anilines is 1. The normalized spacial score (nSPS) is 14.6. The summed E-state index contributed by atoms with van der Waals surface area (Å²) >= 11 is 0. The van der Waals surface area contributed by atoms with E-state index in [1.54, 1.807) is 48.8 Å². The second kappa shape index (κ2) is 8.95. The van der Waals surface area contributed by atoms with E-state index in [4.69, 9.17) is 0 Å². The van der Waals surface area contributed by atoms with Crippen LogP contribution in [0.1, 0.15) is 41.0 Å².